The van der Waals surface area contributed by atoms with Crippen LogP contribution < -0.4 is 10.6 Å². The first-order chi connectivity index (χ1) is 11.0. The van der Waals surface area contributed by atoms with Crippen molar-refractivity contribution in [1.82, 2.24) is 10.6 Å². The highest BCUT2D eigenvalue weighted by atomic mass is 79.9. The lowest BCUT2D eigenvalue weighted by molar-refractivity contribution is -0.123. The zero-order valence-corrected chi connectivity index (χ0v) is 14.7. The molecule has 1 aromatic carbocycles. The van der Waals surface area contributed by atoms with E-state index >= 15 is 0 Å². The predicted molar refractivity (Wildman–Crippen MR) is 93.8 cm³/mol. The van der Waals surface area contributed by atoms with Gasteiger partial charge in [-0.05, 0) is 52.4 Å². The van der Waals surface area contributed by atoms with Crippen molar-refractivity contribution in [3.05, 3.63) is 52.2 Å². The summed E-state index contributed by atoms with van der Waals surface area (Å²) in [5, 5.41) is 5.38. The molecule has 0 bridgehead atoms. The maximum atomic E-state index is 11.8. The second kappa shape index (κ2) is 6.69. The summed E-state index contributed by atoms with van der Waals surface area (Å²) in [5.74, 6) is -0.713. The van der Waals surface area contributed by atoms with Gasteiger partial charge in [-0.25, -0.2) is 0 Å². The van der Waals surface area contributed by atoms with Gasteiger partial charge >= 0.3 is 0 Å². The van der Waals surface area contributed by atoms with Crippen LogP contribution in [-0.2, 0) is 9.59 Å². The highest BCUT2D eigenvalue weighted by molar-refractivity contribution is 9.10. The molecule has 0 unspecified atom stereocenters. The Morgan fingerprint density at radius 2 is 1.78 bits per heavy atom. The van der Waals surface area contributed by atoms with Gasteiger partial charge < -0.3 is 4.42 Å². The Morgan fingerprint density at radius 1 is 1.13 bits per heavy atom. The molecule has 0 radical (unpaired) electrons. The Balaban J connectivity index is 1.86. The highest BCUT2D eigenvalue weighted by Crippen LogP contribution is 2.36. The fourth-order valence-corrected chi connectivity index (χ4v) is 3.39. The van der Waals surface area contributed by atoms with Crippen molar-refractivity contribution in [3.63, 3.8) is 0 Å². The Labute approximate surface area is 149 Å². The fraction of sp³-hybridized carbons (Fsp3) is 0. The first kappa shape index (κ1) is 16.0. The predicted octanol–water partition coefficient (Wildman–Crippen LogP) is 3.11. The summed E-state index contributed by atoms with van der Waals surface area (Å²) in [6.07, 6.45) is 1.38. The third kappa shape index (κ3) is 3.72. The number of halogens is 1. The average Bonchev–Trinajstić information content (AvgIpc) is 2.84. The molecule has 1 fully saturated rings. The van der Waals surface area contributed by atoms with E-state index in [0.717, 1.165) is 9.37 Å². The van der Waals surface area contributed by atoms with Gasteiger partial charge in [0, 0.05) is 4.90 Å². The molecule has 1 saturated heterocycles. The molecular formula is C15H9BrN2O3S2. The van der Waals surface area contributed by atoms with Crippen LogP contribution in [0.5, 0.6) is 0 Å². The number of rotatable bonds is 3. The second-order valence-corrected chi connectivity index (χ2v) is 6.80. The van der Waals surface area contributed by atoms with Crippen LogP contribution in [0.1, 0.15) is 5.76 Å². The van der Waals surface area contributed by atoms with Crippen LogP contribution in [0.3, 0.4) is 0 Å². The van der Waals surface area contributed by atoms with E-state index in [9.17, 15) is 9.59 Å². The molecule has 23 heavy (non-hydrogen) atoms. The smallest absolute Gasteiger partial charge is 0.263 e. The molecule has 2 amide bonds. The lowest BCUT2D eigenvalue weighted by atomic mass is 10.1. The molecule has 0 spiro atoms. The third-order valence-corrected chi connectivity index (χ3v) is 4.91. The van der Waals surface area contributed by atoms with Crippen molar-refractivity contribution in [2.45, 2.75) is 9.99 Å². The summed E-state index contributed by atoms with van der Waals surface area (Å²) in [6.45, 7) is 0. The number of benzene rings is 1. The minimum atomic E-state index is -0.552. The molecule has 3 rings (SSSR count). The lowest BCUT2D eigenvalue weighted by Crippen LogP contribution is -2.51. The summed E-state index contributed by atoms with van der Waals surface area (Å²) in [4.78, 5) is 24.6. The molecule has 8 heteroatoms. The van der Waals surface area contributed by atoms with Gasteiger partial charge in [0.15, 0.2) is 10.2 Å². The normalized spacial score (nSPS) is 14.5. The zero-order chi connectivity index (χ0) is 16.4. The second-order valence-electron chi connectivity index (χ2n) is 4.49. The monoisotopic (exact) mass is 408 g/mol. The van der Waals surface area contributed by atoms with E-state index in [1.165, 1.54) is 17.8 Å². The third-order valence-electron chi connectivity index (χ3n) is 2.86. The van der Waals surface area contributed by atoms with Crippen molar-refractivity contribution < 1.29 is 14.0 Å². The molecule has 2 aromatic rings. The van der Waals surface area contributed by atoms with Gasteiger partial charge in [-0.15, -0.1) is 0 Å². The first-order valence-corrected chi connectivity index (χ1v) is 8.45. The number of carbonyl (C=O) groups is 2. The molecule has 0 atom stereocenters. The lowest BCUT2D eigenvalue weighted by Gasteiger charge is -2.15. The number of nitrogens with one attached hydrogen (secondary N) is 2. The van der Waals surface area contributed by atoms with Crippen LogP contribution in [0.4, 0.5) is 0 Å². The molecule has 5 nitrogen and oxygen atoms in total. The minimum absolute atomic E-state index is 0.00176. The van der Waals surface area contributed by atoms with Crippen LogP contribution in [-0.4, -0.2) is 16.9 Å². The van der Waals surface area contributed by atoms with Gasteiger partial charge in [0.05, 0.1) is 4.47 Å². The summed E-state index contributed by atoms with van der Waals surface area (Å²) < 4.78 is 6.43. The Hall–Kier alpha value is -1.90. The van der Waals surface area contributed by atoms with E-state index in [0.29, 0.717) is 10.9 Å². The molecule has 1 aliphatic heterocycles. The van der Waals surface area contributed by atoms with Gasteiger partial charge in [0.25, 0.3) is 11.8 Å². The van der Waals surface area contributed by atoms with E-state index in [1.807, 2.05) is 30.3 Å². The van der Waals surface area contributed by atoms with Gasteiger partial charge in [-0.2, -0.15) is 0 Å². The fourth-order valence-electron chi connectivity index (χ4n) is 1.85. The van der Waals surface area contributed by atoms with Gasteiger partial charge in [0.1, 0.15) is 11.3 Å². The maximum absolute atomic E-state index is 11.8. The first-order valence-electron chi connectivity index (χ1n) is 6.43. The van der Waals surface area contributed by atoms with Crippen molar-refractivity contribution in [2.24, 2.45) is 0 Å². The molecule has 0 saturated carbocycles. The van der Waals surface area contributed by atoms with Crippen LogP contribution in [0.2, 0.25) is 0 Å². The van der Waals surface area contributed by atoms with Crippen molar-refractivity contribution in [3.8, 4) is 0 Å². The molecule has 0 aliphatic carbocycles. The van der Waals surface area contributed by atoms with Crippen molar-refractivity contribution in [1.29, 1.82) is 0 Å². The summed E-state index contributed by atoms with van der Waals surface area (Å²) >= 11 is 9.60. The number of furan rings is 1. The molecule has 116 valence electrons. The van der Waals surface area contributed by atoms with Gasteiger partial charge in [-0.1, -0.05) is 30.0 Å². The van der Waals surface area contributed by atoms with Gasteiger partial charge in [0.2, 0.25) is 0 Å². The van der Waals surface area contributed by atoms with Crippen LogP contribution in [0.15, 0.2) is 60.8 Å². The Bertz CT molecular complexity index is 809. The number of amides is 2. The summed E-state index contributed by atoms with van der Waals surface area (Å²) in [7, 11) is 0. The summed E-state index contributed by atoms with van der Waals surface area (Å²) in [5.41, 5.74) is -0.0592. The topological polar surface area (TPSA) is 71.3 Å². The highest BCUT2D eigenvalue weighted by Gasteiger charge is 2.26. The van der Waals surface area contributed by atoms with Crippen LogP contribution in [0, 0.1) is 0 Å². The standard InChI is InChI=1S/C15H9BrN2O3S2/c16-11-7-8(6-10-12(19)17-15(22)18-13(10)20)21-14(11)23-9-4-2-1-3-5-9/h1-7H,(H2,17,18,19,20,22). The van der Waals surface area contributed by atoms with Gasteiger partial charge in [-0.3, -0.25) is 20.2 Å². The van der Waals surface area contributed by atoms with E-state index in [2.05, 4.69) is 26.6 Å². The zero-order valence-electron chi connectivity index (χ0n) is 11.5. The van der Waals surface area contributed by atoms with Crippen molar-refractivity contribution in [2.75, 3.05) is 0 Å². The van der Waals surface area contributed by atoms with Crippen LogP contribution >= 0.6 is 39.9 Å². The maximum Gasteiger partial charge on any atom is 0.263 e. The van der Waals surface area contributed by atoms with E-state index in [1.54, 1.807) is 6.07 Å². The van der Waals surface area contributed by atoms with Crippen molar-refractivity contribution >= 4 is 62.9 Å². The molecule has 1 aromatic heterocycles. The minimum Gasteiger partial charge on any atom is -0.449 e. The molecule has 2 heterocycles. The Kier molecular flexibility index (Phi) is 4.65. The van der Waals surface area contributed by atoms with E-state index in [4.69, 9.17) is 16.6 Å². The largest absolute Gasteiger partial charge is 0.449 e. The molecule has 1 aliphatic rings. The number of hydrogen-bond donors (Lipinski definition) is 2. The average molecular weight is 409 g/mol. The van der Waals surface area contributed by atoms with E-state index < -0.39 is 11.8 Å². The SMILES string of the molecule is O=C1NC(=S)NC(=O)C1=Cc1cc(Br)c(Sc2ccccc2)o1. The van der Waals surface area contributed by atoms with E-state index in [-0.39, 0.29) is 10.7 Å². The quantitative estimate of drug-likeness (QED) is 0.463. The molecular weight excluding hydrogens is 400 g/mol. The number of thiocarbonyl (C=S) groups is 1. The molecule has 2 N–H and O–H groups in total. The number of hydrogen-bond acceptors (Lipinski definition) is 5. The Morgan fingerprint density at radius 3 is 2.43 bits per heavy atom. The summed E-state index contributed by atoms with van der Waals surface area (Å²) in [6, 6.07) is 11.4. The number of carbonyl (C=O) groups excluding carboxylic acids is 2. The van der Waals surface area contributed by atoms with Crippen LogP contribution in [0.25, 0.3) is 6.08 Å².